The number of nitrogens with one attached hydrogen (secondary N) is 1. The summed E-state index contributed by atoms with van der Waals surface area (Å²) in [6, 6.07) is 12.3. The zero-order valence-electron chi connectivity index (χ0n) is 10.7. The average molecular weight is 229 g/mol. The highest BCUT2D eigenvalue weighted by molar-refractivity contribution is 5.21. The van der Waals surface area contributed by atoms with Gasteiger partial charge in [-0.05, 0) is 43.6 Å². The number of rotatable bonds is 6. The van der Waals surface area contributed by atoms with E-state index in [2.05, 4.69) is 42.6 Å². The van der Waals surface area contributed by atoms with Gasteiger partial charge in [-0.2, -0.15) is 0 Å². The van der Waals surface area contributed by atoms with Crippen molar-refractivity contribution in [2.45, 2.75) is 51.1 Å². The van der Waals surface area contributed by atoms with Gasteiger partial charge in [0, 0.05) is 12.1 Å². The van der Waals surface area contributed by atoms with Crippen LogP contribution in [0.4, 0.5) is 0 Å². The largest absolute Gasteiger partial charge is 0.307 e. The van der Waals surface area contributed by atoms with Gasteiger partial charge in [0.2, 0.25) is 0 Å². The maximum Gasteiger partial charge on any atom is 0.0350 e. The predicted molar refractivity (Wildman–Crippen MR) is 71.8 cm³/mol. The Morgan fingerprint density at radius 3 is 2.41 bits per heavy atom. The molecule has 0 heterocycles. The highest BCUT2D eigenvalue weighted by Crippen LogP contribution is 2.42. The third-order valence-corrected chi connectivity index (χ3v) is 4.10. The molecule has 1 aromatic carbocycles. The van der Waals surface area contributed by atoms with Gasteiger partial charge in [0.05, 0.1) is 0 Å². The molecule has 1 N–H and O–H groups in total. The van der Waals surface area contributed by atoms with E-state index < -0.39 is 0 Å². The van der Waals surface area contributed by atoms with Crippen LogP contribution in [0, 0.1) is 11.8 Å². The van der Waals surface area contributed by atoms with Crippen molar-refractivity contribution < 1.29 is 0 Å². The average Bonchev–Trinajstić information content (AvgIpc) is 3.20. The van der Waals surface area contributed by atoms with Crippen LogP contribution >= 0.6 is 0 Å². The molecule has 1 nitrogen and oxygen atoms in total. The minimum Gasteiger partial charge on any atom is -0.307 e. The van der Waals surface area contributed by atoms with E-state index in [1.165, 1.54) is 37.7 Å². The lowest BCUT2D eigenvalue weighted by Crippen LogP contribution is -2.32. The molecule has 17 heavy (non-hydrogen) atoms. The maximum absolute atomic E-state index is 3.87. The predicted octanol–water partition coefficient (Wildman–Crippen LogP) is 3.92. The van der Waals surface area contributed by atoms with E-state index in [1.807, 2.05) is 0 Å². The topological polar surface area (TPSA) is 12.0 Å². The maximum atomic E-state index is 3.87. The van der Waals surface area contributed by atoms with E-state index in [-0.39, 0.29) is 0 Å². The molecule has 2 aliphatic carbocycles. The van der Waals surface area contributed by atoms with Crippen LogP contribution in [0.15, 0.2) is 30.3 Å². The second-order valence-electron chi connectivity index (χ2n) is 5.97. The highest BCUT2D eigenvalue weighted by Gasteiger charge is 2.33. The number of benzene rings is 1. The summed E-state index contributed by atoms with van der Waals surface area (Å²) < 4.78 is 0. The SMILES string of the molecule is CC(CC1CC1)NC(c1ccccc1)C1CC1. The minimum absolute atomic E-state index is 0.602. The molecule has 2 fully saturated rings. The summed E-state index contributed by atoms with van der Waals surface area (Å²) in [5.41, 5.74) is 1.48. The Hall–Kier alpha value is -0.820. The first-order chi connectivity index (χ1) is 8.33. The van der Waals surface area contributed by atoms with E-state index in [0.29, 0.717) is 12.1 Å². The smallest absolute Gasteiger partial charge is 0.0350 e. The first-order valence-corrected chi connectivity index (χ1v) is 7.14. The quantitative estimate of drug-likeness (QED) is 0.779. The van der Waals surface area contributed by atoms with Crippen LogP contribution in [-0.2, 0) is 0 Å². The first-order valence-electron chi connectivity index (χ1n) is 7.14. The van der Waals surface area contributed by atoms with Crippen molar-refractivity contribution in [3.8, 4) is 0 Å². The van der Waals surface area contributed by atoms with Gasteiger partial charge in [-0.3, -0.25) is 0 Å². The van der Waals surface area contributed by atoms with Crippen LogP contribution in [0.3, 0.4) is 0 Å². The van der Waals surface area contributed by atoms with E-state index >= 15 is 0 Å². The fourth-order valence-corrected chi connectivity index (χ4v) is 2.82. The van der Waals surface area contributed by atoms with E-state index in [9.17, 15) is 0 Å². The van der Waals surface area contributed by atoms with Gasteiger partial charge in [0.25, 0.3) is 0 Å². The third-order valence-electron chi connectivity index (χ3n) is 4.10. The van der Waals surface area contributed by atoms with E-state index in [0.717, 1.165) is 11.8 Å². The second-order valence-corrected chi connectivity index (χ2v) is 5.97. The van der Waals surface area contributed by atoms with Crippen molar-refractivity contribution in [1.82, 2.24) is 5.32 Å². The molecule has 0 aromatic heterocycles. The Balaban J connectivity index is 1.63. The Morgan fingerprint density at radius 1 is 1.12 bits per heavy atom. The van der Waals surface area contributed by atoms with Gasteiger partial charge in [-0.15, -0.1) is 0 Å². The van der Waals surface area contributed by atoms with Gasteiger partial charge in [0.15, 0.2) is 0 Å². The minimum atomic E-state index is 0.602. The van der Waals surface area contributed by atoms with Crippen molar-refractivity contribution in [2.75, 3.05) is 0 Å². The Labute approximate surface area is 105 Å². The molecule has 2 saturated carbocycles. The molecular weight excluding hydrogens is 206 g/mol. The van der Waals surface area contributed by atoms with Crippen LogP contribution in [0.25, 0.3) is 0 Å². The molecule has 2 unspecified atom stereocenters. The Morgan fingerprint density at radius 2 is 1.82 bits per heavy atom. The van der Waals surface area contributed by atoms with Crippen LogP contribution in [-0.4, -0.2) is 6.04 Å². The summed E-state index contributed by atoms with van der Waals surface area (Å²) in [5.74, 6) is 1.91. The monoisotopic (exact) mass is 229 g/mol. The molecule has 1 heteroatoms. The summed E-state index contributed by atoms with van der Waals surface area (Å²) >= 11 is 0. The zero-order chi connectivity index (χ0) is 11.7. The van der Waals surface area contributed by atoms with Crippen molar-refractivity contribution in [3.63, 3.8) is 0 Å². The molecule has 3 rings (SSSR count). The molecule has 1 aromatic rings. The fraction of sp³-hybridized carbons (Fsp3) is 0.625. The molecule has 0 aliphatic heterocycles. The molecule has 2 aliphatic rings. The lowest BCUT2D eigenvalue weighted by atomic mass is 10.0. The fourth-order valence-electron chi connectivity index (χ4n) is 2.82. The Bertz CT molecular complexity index is 351. The van der Waals surface area contributed by atoms with Crippen molar-refractivity contribution in [1.29, 1.82) is 0 Å². The summed E-state index contributed by atoms with van der Waals surface area (Å²) in [7, 11) is 0. The van der Waals surface area contributed by atoms with Crippen molar-refractivity contribution in [3.05, 3.63) is 35.9 Å². The van der Waals surface area contributed by atoms with Crippen molar-refractivity contribution >= 4 is 0 Å². The highest BCUT2D eigenvalue weighted by atomic mass is 15.0. The molecule has 0 spiro atoms. The lowest BCUT2D eigenvalue weighted by Gasteiger charge is -2.23. The first kappa shape index (κ1) is 11.3. The molecule has 0 radical (unpaired) electrons. The van der Waals surface area contributed by atoms with Gasteiger partial charge >= 0.3 is 0 Å². The molecular formula is C16H23N. The van der Waals surface area contributed by atoms with Crippen LogP contribution in [0.1, 0.15) is 50.6 Å². The van der Waals surface area contributed by atoms with Crippen LogP contribution < -0.4 is 5.32 Å². The van der Waals surface area contributed by atoms with Gasteiger partial charge < -0.3 is 5.32 Å². The van der Waals surface area contributed by atoms with Gasteiger partial charge in [-0.25, -0.2) is 0 Å². The molecule has 0 bridgehead atoms. The molecule has 92 valence electrons. The van der Waals surface area contributed by atoms with Gasteiger partial charge in [0.1, 0.15) is 0 Å². The van der Waals surface area contributed by atoms with Crippen molar-refractivity contribution in [2.24, 2.45) is 11.8 Å². The summed E-state index contributed by atoms with van der Waals surface area (Å²) in [5, 5.41) is 3.87. The third kappa shape index (κ3) is 3.10. The zero-order valence-corrected chi connectivity index (χ0v) is 10.7. The summed E-state index contributed by atoms with van der Waals surface area (Å²) in [6.07, 6.45) is 7.11. The number of hydrogen-bond donors (Lipinski definition) is 1. The summed E-state index contributed by atoms with van der Waals surface area (Å²) in [6.45, 7) is 2.36. The second kappa shape index (κ2) is 4.81. The van der Waals surface area contributed by atoms with Gasteiger partial charge in [-0.1, -0.05) is 43.2 Å². The van der Waals surface area contributed by atoms with Crippen LogP contribution in [0.5, 0.6) is 0 Å². The van der Waals surface area contributed by atoms with Crippen LogP contribution in [0.2, 0.25) is 0 Å². The Kier molecular flexibility index (Phi) is 3.19. The molecule has 2 atom stereocenters. The molecule has 0 saturated heterocycles. The number of hydrogen-bond acceptors (Lipinski definition) is 1. The summed E-state index contributed by atoms with van der Waals surface area (Å²) in [4.78, 5) is 0. The standard InChI is InChI=1S/C16H23N/c1-12(11-13-7-8-13)17-16(15-9-10-15)14-5-3-2-4-6-14/h2-6,12-13,15-17H,7-11H2,1H3. The normalized spacial score (nSPS) is 23.4. The van der Waals surface area contributed by atoms with E-state index in [1.54, 1.807) is 0 Å². The molecule has 0 amide bonds. The van der Waals surface area contributed by atoms with E-state index in [4.69, 9.17) is 0 Å². The lowest BCUT2D eigenvalue weighted by molar-refractivity contribution is 0.392.